The molecule has 1 aliphatic heterocycles. The number of nitrogens with one attached hydrogen (secondary N) is 1. The summed E-state index contributed by atoms with van der Waals surface area (Å²) in [4.78, 5) is 38.2. The molecule has 1 saturated heterocycles. The van der Waals surface area contributed by atoms with E-state index in [-0.39, 0.29) is 19.4 Å². The SMILES string of the molecule is CC(C)n1c(C=O)nc(C(F)(F)F)c1C(=O)NC1CN(C(=O)O)C1. The summed E-state index contributed by atoms with van der Waals surface area (Å²) in [6.45, 7) is 3.00. The summed E-state index contributed by atoms with van der Waals surface area (Å²) in [6, 6.07) is -1.20. The summed E-state index contributed by atoms with van der Waals surface area (Å²) in [5.41, 5.74) is -2.20. The molecule has 0 aliphatic carbocycles. The zero-order valence-corrected chi connectivity index (χ0v) is 12.8. The lowest BCUT2D eigenvalue weighted by atomic mass is 10.1. The Bertz CT molecular complexity index is 677. The Balaban J connectivity index is 2.33. The van der Waals surface area contributed by atoms with Gasteiger partial charge in [-0.25, -0.2) is 9.78 Å². The maximum absolute atomic E-state index is 13.1. The molecule has 11 heteroatoms. The molecule has 1 fully saturated rings. The number of aromatic nitrogens is 2. The Kier molecular flexibility index (Phi) is 4.54. The van der Waals surface area contributed by atoms with Crippen molar-refractivity contribution in [3.8, 4) is 0 Å². The number of carbonyl (C=O) groups excluding carboxylic acids is 2. The van der Waals surface area contributed by atoms with Gasteiger partial charge in [0.1, 0.15) is 5.69 Å². The van der Waals surface area contributed by atoms with Gasteiger partial charge in [0.15, 0.2) is 17.8 Å². The van der Waals surface area contributed by atoms with E-state index in [4.69, 9.17) is 5.11 Å². The number of rotatable bonds is 4. The first-order valence-corrected chi connectivity index (χ1v) is 6.99. The van der Waals surface area contributed by atoms with Crippen molar-refractivity contribution >= 4 is 18.3 Å². The summed E-state index contributed by atoms with van der Waals surface area (Å²) in [5.74, 6) is -1.55. The Hall–Kier alpha value is -2.59. The fraction of sp³-hybridized carbons (Fsp3) is 0.538. The van der Waals surface area contributed by atoms with E-state index in [0.717, 1.165) is 9.47 Å². The Labute approximate surface area is 134 Å². The topological polar surface area (TPSA) is 105 Å². The van der Waals surface area contributed by atoms with Gasteiger partial charge in [-0.05, 0) is 13.8 Å². The first-order valence-electron chi connectivity index (χ1n) is 6.99. The highest BCUT2D eigenvalue weighted by atomic mass is 19.4. The molecule has 0 atom stereocenters. The molecule has 0 aromatic carbocycles. The number of alkyl halides is 3. The highest BCUT2D eigenvalue weighted by Gasteiger charge is 2.42. The molecule has 1 aromatic heterocycles. The van der Waals surface area contributed by atoms with E-state index in [0.29, 0.717) is 0 Å². The minimum Gasteiger partial charge on any atom is -0.465 e. The second-order valence-electron chi connectivity index (χ2n) is 5.60. The second kappa shape index (κ2) is 6.13. The summed E-state index contributed by atoms with van der Waals surface area (Å²) in [7, 11) is 0. The molecule has 2 amide bonds. The van der Waals surface area contributed by atoms with Crippen LogP contribution >= 0.6 is 0 Å². The molecular weight excluding hydrogens is 333 g/mol. The van der Waals surface area contributed by atoms with Gasteiger partial charge in [-0.2, -0.15) is 13.2 Å². The number of amides is 2. The lowest BCUT2D eigenvalue weighted by Gasteiger charge is -2.37. The van der Waals surface area contributed by atoms with E-state index >= 15 is 0 Å². The second-order valence-corrected chi connectivity index (χ2v) is 5.60. The van der Waals surface area contributed by atoms with E-state index < -0.39 is 47.5 Å². The van der Waals surface area contributed by atoms with Crippen molar-refractivity contribution in [3.05, 3.63) is 17.2 Å². The van der Waals surface area contributed by atoms with Gasteiger partial charge >= 0.3 is 12.3 Å². The number of hydrogen-bond donors (Lipinski definition) is 2. The molecule has 0 unspecified atom stereocenters. The molecule has 0 saturated carbocycles. The van der Waals surface area contributed by atoms with E-state index in [1.807, 2.05) is 0 Å². The standard InChI is InChI=1S/C13H15F3N4O4/c1-6(2)20-8(5-21)18-10(13(14,15)16)9(20)11(22)17-7-3-19(4-7)12(23)24/h5-7H,3-4H2,1-2H3,(H,17,22)(H,23,24). The number of carboxylic acid groups (broad SMARTS) is 1. The lowest BCUT2D eigenvalue weighted by Crippen LogP contribution is -2.60. The smallest absolute Gasteiger partial charge is 0.435 e. The van der Waals surface area contributed by atoms with Crippen LogP contribution in [0.4, 0.5) is 18.0 Å². The van der Waals surface area contributed by atoms with Crippen LogP contribution in [0.25, 0.3) is 0 Å². The molecule has 2 N–H and O–H groups in total. The third-order valence-electron chi connectivity index (χ3n) is 3.53. The van der Waals surface area contributed by atoms with Gasteiger partial charge in [-0.15, -0.1) is 0 Å². The molecule has 1 aliphatic rings. The molecule has 2 heterocycles. The monoisotopic (exact) mass is 348 g/mol. The molecule has 132 valence electrons. The summed E-state index contributed by atoms with van der Waals surface area (Å²) in [5, 5.41) is 11.1. The van der Waals surface area contributed by atoms with Crippen LogP contribution in [-0.4, -0.2) is 57.0 Å². The molecular formula is C13H15F3N4O4. The first kappa shape index (κ1) is 17.8. The van der Waals surface area contributed by atoms with Gasteiger partial charge in [0.2, 0.25) is 0 Å². The summed E-state index contributed by atoms with van der Waals surface area (Å²) in [6.07, 6.45) is -5.93. The number of hydrogen-bond acceptors (Lipinski definition) is 4. The highest BCUT2D eigenvalue weighted by molar-refractivity contribution is 5.95. The van der Waals surface area contributed by atoms with E-state index in [1.165, 1.54) is 13.8 Å². The van der Waals surface area contributed by atoms with Gasteiger partial charge in [-0.1, -0.05) is 0 Å². The Morgan fingerprint density at radius 3 is 2.38 bits per heavy atom. The molecule has 2 rings (SSSR count). The normalized spacial score (nSPS) is 15.3. The molecule has 8 nitrogen and oxygen atoms in total. The lowest BCUT2D eigenvalue weighted by molar-refractivity contribution is -0.141. The van der Waals surface area contributed by atoms with Gasteiger partial charge in [0.05, 0.1) is 6.04 Å². The van der Waals surface area contributed by atoms with Crippen LogP contribution in [0, 0.1) is 0 Å². The minimum atomic E-state index is -4.91. The third-order valence-corrected chi connectivity index (χ3v) is 3.53. The predicted molar refractivity (Wildman–Crippen MR) is 73.9 cm³/mol. The Morgan fingerprint density at radius 1 is 1.38 bits per heavy atom. The van der Waals surface area contributed by atoms with Crippen molar-refractivity contribution in [1.29, 1.82) is 0 Å². The van der Waals surface area contributed by atoms with Crippen LogP contribution in [0.5, 0.6) is 0 Å². The van der Waals surface area contributed by atoms with Crippen molar-refractivity contribution in [3.63, 3.8) is 0 Å². The van der Waals surface area contributed by atoms with Crippen molar-refractivity contribution in [1.82, 2.24) is 19.8 Å². The van der Waals surface area contributed by atoms with Crippen molar-refractivity contribution in [2.45, 2.75) is 32.1 Å². The van der Waals surface area contributed by atoms with E-state index in [9.17, 15) is 27.6 Å². The fourth-order valence-corrected chi connectivity index (χ4v) is 2.45. The van der Waals surface area contributed by atoms with Crippen molar-refractivity contribution in [2.24, 2.45) is 0 Å². The maximum Gasteiger partial charge on any atom is 0.435 e. The van der Waals surface area contributed by atoms with Crippen LogP contribution in [0.2, 0.25) is 0 Å². The molecule has 0 spiro atoms. The van der Waals surface area contributed by atoms with Crippen LogP contribution in [0.1, 0.15) is 46.7 Å². The maximum atomic E-state index is 13.1. The third kappa shape index (κ3) is 3.19. The van der Waals surface area contributed by atoms with Crippen LogP contribution in [0.3, 0.4) is 0 Å². The average molecular weight is 348 g/mol. The van der Waals surface area contributed by atoms with Gasteiger partial charge in [0, 0.05) is 19.1 Å². The van der Waals surface area contributed by atoms with Crippen LogP contribution < -0.4 is 5.32 Å². The Morgan fingerprint density at radius 2 is 1.96 bits per heavy atom. The number of likely N-dealkylation sites (tertiary alicyclic amines) is 1. The fourth-order valence-electron chi connectivity index (χ4n) is 2.45. The molecule has 24 heavy (non-hydrogen) atoms. The molecule has 0 bridgehead atoms. The van der Waals surface area contributed by atoms with Gasteiger partial charge < -0.3 is 19.9 Å². The number of halogens is 3. The van der Waals surface area contributed by atoms with Crippen molar-refractivity contribution < 1.29 is 32.7 Å². The summed E-state index contributed by atoms with van der Waals surface area (Å²) < 4.78 is 40.4. The molecule has 1 aromatic rings. The van der Waals surface area contributed by atoms with Gasteiger partial charge in [-0.3, -0.25) is 9.59 Å². The number of nitrogens with zero attached hydrogens (tertiary/aromatic N) is 3. The largest absolute Gasteiger partial charge is 0.465 e. The number of aldehydes is 1. The van der Waals surface area contributed by atoms with Crippen molar-refractivity contribution in [2.75, 3.05) is 13.1 Å². The quantitative estimate of drug-likeness (QED) is 0.800. The van der Waals surface area contributed by atoms with Crippen LogP contribution in [0.15, 0.2) is 0 Å². The highest BCUT2D eigenvalue weighted by Crippen LogP contribution is 2.33. The van der Waals surface area contributed by atoms with E-state index in [1.54, 1.807) is 0 Å². The van der Waals surface area contributed by atoms with E-state index in [2.05, 4.69) is 10.3 Å². The van der Waals surface area contributed by atoms with Crippen LogP contribution in [-0.2, 0) is 6.18 Å². The molecule has 0 radical (unpaired) electrons. The number of carbonyl (C=O) groups is 3. The zero-order valence-electron chi connectivity index (χ0n) is 12.8. The number of imidazole rings is 1. The summed E-state index contributed by atoms with van der Waals surface area (Å²) >= 11 is 0. The first-order chi connectivity index (χ1) is 11.1. The average Bonchev–Trinajstić information content (AvgIpc) is 2.81. The zero-order chi connectivity index (χ0) is 18.2. The van der Waals surface area contributed by atoms with Gasteiger partial charge in [0.25, 0.3) is 5.91 Å². The predicted octanol–water partition coefficient (Wildman–Crippen LogP) is 1.39. The minimum absolute atomic E-state index is 0.0151.